The third kappa shape index (κ3) is 4.72. The Kier molecular flexibility index (Phi) is 6.37. The number of aryl methyl sites for hydroxylation is 2. The Bertz CT molecular complexity index is 1160. The molecule has 4 rings (SSSR count). The van der Waals surface area contributed by atoms with E-state index in [-0.39, 0.29) is 18.2 Å². The van der Waals surface area contributed by atoms with Crippen LogP contribution >= 0.6 is 11.6 Å². The van der Waals surface area contributed by atoms with Gasteiger partial charge in [0, 0.05) is 43.5 Å². The quantitative estimate of drug-likeness (QED) is 0.590. The van der Waals surface area contributed by atoms with Crippen LogP contribution in [0.4, 0.5) is 0 Å². The van der Waals surface area contributed by atoms with E-state index in [1.54, 1.807) is 34.9 Å². The molecule has 0 saturated carbocycles. The molecule has 168 valence electrons. The van der Waals surface area contributed by atoms with E-state index in [4.69, 9.17) is 16.3 Å². The van der Waals surface area contributed by atoms with Crippen LogP contribution in [-0.2, 0) is 16.1 Å². The summed E-state index contributed by atoms with van der Waals surface area (Å²) < 4.78 is 7.86. The number of halogens is 1. The number of hydrogen-bond acceptors (Lipinski definition) is 4. The van der Waals surface area contributed by atoms with Crippen molar-refractivity contribution in [2.75, 3.05) is 19.6 Å². The average molecular weight is 455 g/mol. The maximum Gasteiger partial charge on any atom is 0.263 e. The van der Waals surface area contributed by atoms with E-state index < -0.39 is 6.10 Å². The molecule has 0 bridgehead atoms. The number of amides is 2. The van der Waals surface area contributed by atoms with E-state index in [2.05, 4.69) is 4.98 Å². The highest BCUT2D eigenvalue weighted by molar-refractivity contribution is 6.30. The molecule has 8 heteroatoms. The molecule has 0 aliphatic carbocycles. The summed E-state index contributed by atoms with van der Waals surface area (Å²) in [4.78, 5) is 33.9. The number of carbonyl (C=O) groups is 2. The highest BCUT2D eigenvalue weighted by atomic mass is 35.5. The molecule has 1 saturated heterocycles. The third-order valence-electron chi connectivity index (χ3n) is 5.77. The summed E-state index contributed by atoms with van der Waals surface area (Å²) in [5.41, 5.74) is 3.69. The van der Waals surface area contributed by atoms with Gasteiger partial charge in [-0.1, -0.05) is 17.7 Å². The summed E-state index contributed by atoms with van der Waals surface area (Å²) in [6.45, 7) is 7.38. The van der Waals surface area contributed by atoms with Crippen molar-refractivity contribution in [2.45, 2.75) is 39.8 Å². The second-order valence-electron chi connectivity index (χ2n) is 8.21. The summed E-state index contributed by atoms with van der Waals surface area (Å²) in [6.07, 6.45) is 3.53. The summed E-state index contributed by atoms with van der Waals surface area (Å²) >= 11 is 6.00. The Balaban J connectivity index is 1.40. The van der Waals surface area contributed by atoms with Crippen LogP contribution in [0.5, 0.6) is 5.75 Å². The molecule has 1 aliphatic heterocycles. The van der Waals surface area contributed by atoms with Gasteiger partial charge in [-0.05, 0) is 56.2 Å². The lowest BCUT2D eigenvalue weighted by molar-refractivity contribution is -0.137. The van der Waals surface area contributed by atoms with Crippen LogP contribution < -0.4 is 4.74 Å². The number of imidazole rings is 1. The minimum atomic E-state index is -0.655. The molecular formula is C24H27ClN4O3. The number of benzene rings is 1. The van der Waals surface area contributed by atoms with E-state index in [1.807, 2.05) is 42.8 Å². The highest BCUT2D eigenvalue weighted by Crippen LogP contribution is 2.23. The molecule has 2 amide bonds. The van der Waals surface area contributed by atoms with Crippen LogP contribution in [0.1, 0.15) is 30.2 Å². The van der Waals surface area contributed by atoms with Crippen molar-refractivity contribution in [3.8, 4) is 5.75 Å². The molecule has 1 fully saturated rings. The van der Waals surface area contributed by atoms with Crippen LogP contribution in [0.25, 0.3) is 5.65 Å². The molecule has 0 N–H and O–H groups in total. The zero-order valence-electron chi connectivity index (χ0n) is 18.5. The summed E-state index contributed by atoms with van der Waals surface area (Å²) in [7, 11) is 0. The van der Waals surface area contributed by atoms with Crippen LogP contribution in [0.3, 0.4) is 0 Å². The van der Waals surface area contributed by atoms with Crippen LogP contribution in [0.2, 0.25) is 5.02 Å². The van der Waals surface area contributed by atoms with Gasteiger partial charge >= 0.3 is 0 Å². The Morgan fingerprint density at radius 2 is 2.00 bits per heavy atom. The lowest BCUT2D eigenvalue weighted by Crippen LogP contribution is -2.42. The number of pyridine rings is 1. The maximum absolute atomic E-state index is 13.0. The Hall–Kier alpha value is -3.06. The zero-order valence-corrected chi connectivity index (χ0v) is 19.3. The number of carbonyl (C=O) groups excluding carboxylic acids is 2. The number of hydrogen-bond donors (Lipinski definition) is 0. The fourth-order valence-electron chi connectivity index (χ4n) is 3.97. The van der Waals surface area contributed by atoms with Gasteiger partial charge in [-0.3, -0.25) is 9.59 Å². The van der Waals surface area contributed by atoms with Crippen molar-refractivity contribution in [3.05, 3.63) is 64.6 Å². The maximum atomic E-state index is 13.0. The molecule has 1 aromatic carbocycles. The van der Waals surface area contributed by atoms with Crippen molar-refractivity contribution in [2.24, 2.45) is 0 Å². The number of aromatic nitrogens is 2. The van der Waals surface area contributed by atoms with E-state index in [0.717, 1.165) is 22.5 Å². The second-order valence-corrected chi connectivity index (χ2v) is 8.65. The predicted octanol–water partition coefficient (Wildman–Crippen LogP) is 3.63. The van der Waals surface area contributed by atoms with Crippen molar-refractivity contribution >= 4 is 29.1 Å². The number of fused-ring (bicyclic) bond motifs is 1. The predicted molar refractivity (Wildman–Crippen MR) is 123 cm³/mol. The number of ether oxygens (including phenoxy) is 1. The molecule has 7 nitrogen and oxygen atoms in total. The van der Waals surface area contributed by atoms with Crippen LogP contribution in [0, 0.1) is 13.8 Å². The van der Waals surface area contributed by atoms with Crippen LogP contribution in [-0.4, -0.2) is 56.7 Å². The lowest BCUT2D eigenvalue weighted by atomic mass is 10.2. The average Bonchev–Trinajstić information content (AvgIpc) is 3.09. The number of rotatable bonds is 5. The standard InChI is InChI=1S/C24H27ClN4O3/c1-16-5-4-9-29-15-20(26-23(16)29)14-28-12-11-27(10-8-22(28)30)24(31)18(3)32-21-7-6-19(25)13-17(21)2/h4-7,9,13,15,18H,8,10-12,14H2,1-3H3/t18-/m0/s1. The third-order valence-corrected chi connectivity index (χ3v) is 6.00. The minimum Gasteiger partial charge on any atom is -0.481 e. The largest absolute Gasteiger partial charge is 0.481 e. The van der Waals surface area contributed by atoms with Gasteiger partial charge in [0.25, 0.3) is 5.91 Å². The second kappa shape index (κ2) is 9.20. The molecule has 0 radical (unpaired) electrons. The van der Waals surface area contributed by atoms with Crippen LogP contribution in [0.15, 0.2) is 42.7 Å². The Morgan fingerprint density at radius 3 is 2.75 bits per heavy atom. The first kappa shape index (κ1) is 22.1. The zero-order chi connectivity index (χ0) is 22.8. The van der Waals surface area contributed by atoms with Gasteiger partial charge in [0.05, 0.1) is 12.2 Å². The van der Waals surface area contributed by atoms with Crippen molar-refractivity contribution in [1.29, 1.82) is 0 Å². The molecular weight excluding hydrogens is 428 g/mol. The van der Waals surface area contributed by atoms with Gasteiger partial charge < -0.3 is 18.9 Å². The molecule has 0 unspecified atom stereocenters. The molecule has 32 heavy (non-hydrogen) atoms. The SMILES string of the molecule is Cc1cc(Cl)ccc1O[C@@H](C)C(=O)N1CCC(=O)N(Cc2cn3cccc(C)c3n2)CC1. The fourth-order valence-corrected chi connectivity index (χ4v) is 4.20. The Labute approximate surface area is 192 Å². The normalized spacial score (nSPS) is 15.7. The molecule has 1 atom stereocenters. The molecule has 1 aliphatic rings. The molecule has 0 spiro atoms. The fraction of sp³-hybridized carbons (Fsp3) is 0.375. The monoisotopic (exact) mass is 454 g/mol. The minimum absolute atomic E-state index is 0.0243. The van der Waals surface area contributed by atoms with Crippen molar-refractivity contribution in [1.82, 2.24) is 19.2 Å². The van der Waals surface area contributed by atoms with E-state index in [0.29, 0.717) is 37.0 Å². The van der Waals surface area contributed by atoms with Gasteiger partial charge in [0.15, 0.2) is 6.10 Å². The lowest BCUT2D eigenvalue weighted by Gasteiger charge is -2.25. The number of nitrogens with zero attached hydrogens (tertiary/aromatic N) is 4. The topological polar surface area (TPSA) is 67.2 Å². The van der Waals surface area contributed by atoms with E-state index in [1.165, 1.54) is 0 Å². The first-order chi connectivity index (χ1) is 15.3. The highest BCUT2D eigenvalue weighted by Gasteiger charge is 2.28. The summed E-state index contributed by atoms with van der Waals surface area (Å²) in [5, 5.41) is 0.626. The molecule has 3 aromatic rings. The van der Waals surface area contributed by atoms with E-state index in [9.17, 15) is 9.59 Å². The molecule has 2 aromatic heterocycles. The van der Waals surface area contributed by atoms with Gasteiger partial charge in [-0.25, -0.2) is 4.98 Å². The smallest absolute Gasteiger partial charge is 0.263 e. The Morgan fingerprint density at radius 1 is 1.19 bits per heavy atom. The van der Waals surface area contributed by atoms with Gasteiger partial charge in [-0.2, -0.15) is 0 Å². The van der Waals surface area contributed by atoms with Gasteiger partial charge in [0.1, 0.15) is 11.4 Å². The summed E-state index contributed by atoms with van der Waals surface area (Å²) in [6, 6.07) is 9.30. The molecule has 3 heterocycles. The first-order valence-electron chi connectivity index (χ1n) is 10.7. The van der Waals surface area contributed by atoms with E-state index >= 15 is 0 Å². The van der Waals surface area contributed by atoms with Crippen molar-refractivity contribution in [3.63, 3.8) is 0 Å². The first-order valence-corrected chi connectivity index (χ1v) is 11.1. The summed E-state index contributed by atoms with van der Waals surface area (Å²) in [5.74, 6) is 0.526. The van der Waals surface area contributed by atoms with Gasteiger partial charge in [0.2, 0.25) is 5.91 Å². The van der Waals surface area contributed by atoms with Crippen molar-refractivity contribution < 1.29 is 14.3 Å². The van der Waals surface area contributed by atoms with Gasteiger partial charge in [-0.15, -0.1) is 0 Å².